The number of Topliss-reactive ketones (excluding diaryl/α,β-unsaturated/α-hetero) is 1. The molecule has 1 aliphatic carbocycles. The van der Waals surface area contributed by atoms with E-state index in [0.29, 0.717) is 25.9 Å². The molecule has 1 saturated heterocycles. The molecule has 2 aromatic carbocycles. The quantitative estimate of drug-likeness (QED) is 0.319. The molecule has 1 aliphatic heterocycles. The molecule has 194 valence electrons. The second kappa shape index (κ2) is 10.4. The molecule has 0 N–H and O–H groups in total. The van der Waals surface area contributed by atoms with Crippen molar-refractivity contribution >= 4 is 24.5 Å². The van der Waals surface area contributed by atoms with Crippen molar-refractivity contribution in [1.29, 1.82) is 0 Å². The smallest absolute Gasteiger partial charge is 0.261 e. The number of fused-ring (bicyclic) bond motifs is 1. The Bertz CT molecular complexity index is 1010. The summed E-state index contributed by atoms with van der Waals surface area (Å²) in [4.78, 5) is 13.5. The standard InChI is InChI=1S/C31H42O4Si/c1-7-20-30-22-25(35-31(30,34-24(2)3)21-14-19-28(30)32)23-33-36(29(4,5)6,26-15-10-8-11-16-26)27-17-12-9-13-18-27/h7-13,15-18,24-25H,1,14,19-23H2,2-6H3/t25-,30-,31+/m1/s1. The molecule has 4 rings (SSSR count). The number of hydrogen-bond donors (Lipinski definition) is 0. The van der Waals surface area contributed by atoms with E-state index in [2.05, 4.69) is 88.0 Å². The second-order valence-electron chi connectivity index (χ2n) is 11.7. The summed E-state index contributed by atoms with van der Waals surface area (Å²) in [7, 11) is -2.71. The topological polar surface area (TPSA) is 44.8 Å². The first-order valence-electron chi connectivity index (χ1n) is 13.3. The van der Waals surface area contributed by atoms with Crippen LogP contribution in [0.2, 0.25) is 5.04 Å². The van der Waals surface area contributed by atoms with Gasteiger partial charge >= 0.3 is 0 Å². The first-order chi connectivity index (χ1) is 17.1. The first kappa shape index (κ1) is 27.0. The molecule has 1 saturated carbocycles. The number of benzene rings is 2. The maximum atomic E-state index is 13.5. The van der Waals surface area contributed by atoms with Gasteiger partial charge in [-0.05, 0) is 48.5 Å². The summed E-state index contributed by atoms with van der Waals surface area (Å²) in [6.07, 6.45) is 4.83. The third-order valence-corrected chi connectivity index (χ3v) is 12.9. The van der Waals surface area contributed by atoms with Gasteiger partial charge in [0.2, 0.25) is 0 Å². The van der Waals surface area contributed by atoms with Crippen LogP contribution >= 0.6 is 0 Å². The van der Waals surface area contributed by atoms with Crippen LogP contribution in [0.15, 0.2) is 73.3 Å². The minimum Gasteiger partial charge on any atom is -0.405 e. The van der Waals surface area contributed by atoms with Crippen molar-refractivity contribution in [3.63, 3.8) is 0 Å². The summed E-state index contributed by atoms with van der Waals surface area (Å²) in [5.41, 5.74) is -0.698. The Balaban J connectivity index is 1.73. The molecule has 0 amide bonds. The number of carbonyl (C=O) groups excluding carboxylic acids is 1. The van der Waals surface area contributed by atoms with Gasteiger partial charge in [0.25, 0.3) is 8.32 Å². The Morgan fingerprint density at radius 3 is 2.17 bits per heavy atom. The van der Waals surface area contributed by atoms with Gasteiger partial charge in [-0.1, -0.05) is 87.5 Å². The lowest BCUT2D eigenvalue weighted by Gasteiger charge is -2.46. The van der Waals surface area contributed by atoms with E-state index >= 15 is 0 Å². The van der Waals surface area contributed by atoms with Crippen LogP contribution in [0.3, 0.4) is 0 Å². The lowest BCUT2D eigenvalue weighted by Crippen LogP contribution is -2.67. The van der Waals surface area contributed by atoms with Crippen molar-refractivity contribution in [3.05, 3.63) is 73.3 Å². The van der Waals surface area contributed by atoms with Gasteiger partial charge in [0.1, 0.15) is 5.78 Å². The number of ether oxygens (including phenoxy) is 2. The largest absolute Gasteiger partial charge is 0.405 e. The Hall–Kier alpha value is -2.05. The molecule has 5 heteroatoms. The van der Waals surface area contributed by atoms with Crippen molar-refractivity contribution in [2.45, 2.75) is 89.8 Å². The van der Waals surface area contributed by atoms with Crippen LogP contribution in [0, 0.1) is 5.41 Å². The molecule has 0 spiro atoms. The summed E-state index contributed by atoms with van der Waals surface area (Å²) in [6.45, 7) is 15.3. The number of hydrogen-bond acceptors (Lipinski definition) is 4. The highest BCUT2D eigenvalue weighted by Crippen LogP contribution is 2.57. The Kier molecular flexibility index (Phi) is 7.78. The zero-order valence-electron chi connectivity index (χ0n) is 22.6. The monoisotopic (exact) mass is 506 g/mol. The molecule has 36 heavy (non-hydrogen) atoms. The summed E-state index contributed by atoms with van der Waals surface area (Å²) in [6, 6.07) is 21.3. The second-order valence-corrected chi connectivity index (χ2v) is 16.0. The molecule has 0 bridgehead atoms. The number of allylic oxidation sites excluding steroid dienone is 1. The van der Waals surface area contributed by atoms with Gasteiger partial charge in [-0.3, -0.25) is 4.79 Å². The van der Waals surface area contributed by atoms with Gasteiger partial charge in [-0.15, -0.1) is 6.58 Å². The van der Waals surface area contributed by atoms with E-state index in [0.717, 1.165) is 12.8 Å². The Morgan fingerprint density at radius 1 is 1.08 bits per heavy atom. The summed E-state index contributed by atoms with van der Waals surface area (Å²) in [5.74, 6) is -0.674. The lowest BCUT2D eigenvalue weighted by molar-refractivity contribution is -0.289. The number of carbonyl (C=O) groups is 1. The lowest BCUT2D eigenvalue weighted by atomic mass is 9.65. The molecule has 2 aromatic rings. The fourth-order valence-electron chi connectivity index (χ4n) is 6.57. The molecular formula is C31H42O4Si. The molecule has 0 unspecified atom stereocenters. The van der Waals surface area contributed by atoms with E-state index in [1.807, 2.05) is 19.9 Å². The van der Waals surface area contributed by atoms with Gasteiger partial charge in [-0.2, -0.15) is 0 Å². The normalized spacial score (nSPS) is 26.7. The molecular weight excluding hydrogens is 464 g/mol. The van der Waals surface area contributed by atoms with Crippen LogP contribution in [-0.2, 0) is 18.7 Å². The molecule has 0 radical (unpaired) electrons. The third-order valence-electron chi connectivity index (χ3n) is 7.93. The fraction of sp³-hybridized carbons (Fsp3) is 0.516. The Morgan fingerprint density at radius 2 is 1.67 bits per heavy atom. The fourth-order valence-corrected chi connectivity index (χ4v) is 11.2. The van der Waals surface area contributed by atoms with Crippen molar-refractivity contribution in [3.8, 4) is 0 Å². The highest BCUT2D eigenvalue weighted by Gasteiger charge is 2.65. The minimum atomic E-state index is -2.71. The van der Waals surface area contributed by atoms with E-state index in [4.69, 9.17) is 13.9 Å². The van der Waals surface area contributed by atoms with E-state index < -0.39 is 19.5 Å². The molecule has 3 atom stereocenters. The van der Waals surface area contributed by atoms with Crippen LogP contribution < -0.4 is 10.4 Å². The highest BCUT2D eigenvalue weighted by molar-refractivity contribution is 6.99. The maximum Gasteiger partial charge on any atom is 0.261 e. The number of rotatable bonds is 9. The van der Waals surface area contributed by atoms with Crippen LogP contribution in [0.1, 0.15) is 66.7 Å². The molecule has 2 fully saturated rings. The molecule has 0 aromatic heterocycles. The van der Waals surface area contributed by atoms with E-state index in [-0.39, 0.29) is 23.0 Å². The van der Waals surface area contributed by atoms with Crippen molar-refractivity contribution in [1.82, 2.24) is 0 Å². The van der Waals surface area contributed by atoms with E-state index in [9.17, 15) is 4.79 Å². The Labute approximate surface area is 218 Å². The predicted molar refractivity (Wildman–Crippen MR) is 148 cm³/mol. The van der Waals surface area contributed by atoms with Gasteiger partial charge in [0, 0.05) is 12.8 Å². The summed E-state index contributed by atoms with van der Waals surface area (Å²) in [5, 5.41) is 2.36. The van der Waals surface area contributed by atoms with Crippen molar-refractivity contribution < 1.29 is 18.7 Å². The van der Waals surface area contributed by atoms with Gasteiger partial charge < -0.3 is 13.9 Å². The zero-order chi connectivity index (χ0) is 26.0. The zero-order valence-corrected chi connectivity index (χ0v) is 23.6. The van der Waals surface area contributed by atoms with Crippen LogP contribution in [-0.4, -0.2) is 38.7 Å². The van der Waals surface area contributed by atoms with Gasteiger partial charge in [-0.25, -0.2) is 0 Å². The number of ketones is 1. The van der Waals surface area contributed by atoms with E-state index in [1.165, 1.54) is 10.4 Å². The molecule has 4 nitrogen and oxygen atoms in total. The van der Waals surface area contributed by atoms with Crippen molar-refractivity contribution in [2.24, 2.45) is 5.41 Å². The van der Waals surface area contributed by atoms with Gasteiger partial charge in [0.05, 0.1) is 24.2 Å². The minimum absolute atomic E-state index is 0.0450. The SMILES string of the molecule is C=CC[C@]12C[C@H](CO[Si](c3ccccc3)(c3ccccc3)C(C)(C)C)O[C@@]1(OC(C)C)CCCC2=O. The van der Waals surface area contributed by atoms with Gasteiger partial charge in [0.15, 0.2) is 5.79 Å². The molecule has 2 aliphatic rings. The first-order valence-corrected chi connectivity index (χ1v) is 15.3. The maximum absolute atomic E-state index is 13.5. The molecule has 1 heterocycles. The third kappa shape index (κ3) is 4.56. The van der Waals surface area contributed by atoms with Crippen LogP contribution in [0.5, 0.6) is 0 Å². The van der Waals surface area contributed by atoms with Crippen LogP contribution in [0.25, 0.3) is 0 Å². The summed E-state index contributed by atoms with van der Waals surface area (Å²) >= 11 is 0. The summed E-state index contributed by atoms with van der Waals surface area (Å²) < 4.78 is 20.5. The predicted octanol–water partition coefficient (Wildman–Crippen LogP) is 5.79. The highest BCUT2D eigenvalue weighted by atomic mass is 28.4. The van der Waals surface area contributed by atoms with Crippen molar-refractivity contribution in [2.75, 3.05) is 6.61 Å². The van der Waals surface area contributed by atoms with E-state index in [1.54, 1.807) is 0 Å². The average Bonchev–Trinajstić information content (AvgIpc) is 3.14. The van der Waals surface area contributed by atoms with Crippen LogP contribution in [0.4, 0.5) is 0 Å². The average molecular weight is 507 g/mol.